The van der Waals surface area contributed by atoms with Crippen LogP contribution in [-0.2, 0) is 24.1 Å². The van der Waals surface area contributed by atoms with Crippen LogP contribution in [0.1, 0.15) is 47.3 Å². The lowest BCUT2D eigenvalue weighted by molar-refractivity contribution is -0.110. The van der Waals surface area contributed by atoms with Crippen LogP contribution in [0.15, 0.2) is 23.1 Å². The highest BCUT2D eigenvalue weighted by Gasteiger charge is 2.26. The number of aryl methyl sites for hydroxylation is 1. The van der Waals surface area contributed by atoms with Gasteiger partial charge in [0.25, 0.3) is 5.91 Å². The largest absolute Gasteiger partial charge is 0.395 e. The highest BCUT2D eigenvalue weighted by atomic mass is 32.2. The van der Waals surface area contributed by atoms with E-state index in [1.54, 1.807) is 0 Å². The van der Waals surface area contributed by atoms with Gasteiger partial charge in [-0.2, -0.15) is 0 Å². The van der Waals surface area contributed by atoms with E-state index in [2.05, 4.69) is 20.3 Å². The van der Waals surface area contributed by atoms with Crippen LogP contribution < -0.4 is 15.4 Å². The maximum Gasteiger partial charge on any atom is 0.256 e. The second kappa shape index (κ2) is 9.83. The van der Waals surface area contributed by atoms with Crippen LogP contribution >= 0.6 is 11.9 Å². The summed E-state index contributed by atoms with van der Waals surface area (Å²) in [7, 11) is 1.99. The van der Waals surface area contributed by atoms with Gasteiger partial charge in [0, 0.05) is 34.1 Å². The fraction of sp³-hybridized carbons (Fsp3) is 0.435. The summed E-state index contributed by atoms with van der Waals surface area (Å²) in [6.45, 7) is 1.60. The Bertz CT molecular complexity index is 951. The molecule has 2 aromatic rings. The number of hydrogen-bond acceptors (Lipinski definition) is 5. The normalized spacial score (nSPS) is 16.6. The minimum absolute atomic E-state index is 0.0517. The summed E-state index contributed by atoms with van der Waals surface area (Å²) in [4.78, 5) is 17.4. The molecule has 0 fully saturated rings. The van der Waals surface area contributed by atoms with Crippen LogP contribution in [0, 0.1) is 0 Å². The Morgan fingerprint density at radius 1 is 1.23 bits per heavy atom. The van der Waals surface area contributed by atoms with Crippen molar-refractivity contribution in [1.82, 2.24) is 15.0 Å². The standard InChI is InChI=1S/C23H30N4O2S/c1-24-10-4-6-17-16-5-2-3-7-20(16)26-22(17)14-19-18-13-15(30-25-11-12-28)8-9-21(18)27-23(19)29/h8-9,13-14,24-26,28H,2-7,10-12H2,1H3,(H,27,29)/b19-14-. The molecule has 0 spiro atoms. The lowest BCUT2D eigenvalue weighted by atomic mass is 9.92. The number of aromatic amines is 1. The monoisotopic (exact) mass is 426 g/mol. The molecule has 1 aliphatic carbocycles. The van der Waals surface area contributed by atoms with Crippen molar-refractivity contribution >= 4 is 35.2 Å². The maximum absolute atomic E-state index is 12.8. The number of fused-ring (bicyclic) bond motifs is 2. The van der Waals surface area contributed by atoms with Crippen molar-refractivity contribution in [2.24, 2.45) is 0 Å². The quantitative estimate of drug-likeness (QED) is 0.242. The number of rotatable bonds is 9. The highest BCUT2D eigenvalue weighted by molar-refractivity contribution is 7.97. The van der Waals surface area contributed by atoms with E-state index in [1.165, 1.54) is 41.6 Å². The number of hydrogen-bond donors (Lipinski definition) is 5. The molecular formula is C23H30N4O2S. The number of carbonyl (C=O) groups is 1. The summed E-state index contributed by atoms with van der Waals surface area (Å²) >= 11 is 1.47. The van der Waals surface area contributed by atoms with E-state index in [9.17, 15) is 4.79 Å². The first kappa shape index (κ1) is 21.2. The number of benzene rings is 1. The van der Waals surface area contributed by atoms with Crippen LogP contribution in [-0.4, -0.2) is 42.7 Å². The summed E-state index contributed by atoms with van der Waals surface area (Å²) in [5.74, 6) is -0.0517. The van der Waals surface area contributed by atoms with Crippen LogP contribution in [0.25, 0.3) is 11.6 Å². The zero-order valence-corrected chi connectivity index (χ0v) is 18.3. The van der Waals surface area contributed by atoms with Gasteiger partial charge in [0.05, 0.1) is 12.2 Å². The van der Waals surface area contributed by atoms with E-state index < -0.39 is 0 Å². The van der Waals surface area contributed by atoms with Gasteiger partial charge in [-0.1, -0.05) is 0 Å². The van der Waals surface area contributed by atoms with Gasteiger partial charge in [0.15, 0.2) is 0 Å². The van der Waals surface area contributed by atoms with Gasteiger partial charge in [-0.3, -0.25) is 9.52 Å². The minimum atomic E-state index is -0.0517. The van der Waals surface area contributed by atoms with Crippen LogP contribution in [0.3, 0.4) is 0 Å². The third-order valence-electron chi connectivity index (χ3n) is 5.76. The van der Waals surface area contributed by atoms with Crippen molar-refractivity contribution < 1.29 is 9.90 Å². The number of H-pyrrole nitrogens is 1. The molecule has 7 heteroatoms. The molecule has 1 aromatic carbocycles. The Morgan fingerprint density at radius 3 is 2.93 bits per heavy atom. The first-order valence-corrected chi connectivity index (χ1v) is 11.6. The van der Waals surface area contributed by atoms with Gasteiger partial charge in [-0.05, 0) is 99.5 Å². The highest BCUT2D eigenvalue weighted by Crippen LogP contribution is 2.37. The molecule has 5 N–H and O–H groups in total. The molecule has 6 nitrogen and oxygen atoms in total. The third kappa shape index (κ3) is 4.49. The molecule has 2 heterocycles. The molecule has 4 rings (SSSR count). The summed E-state index contributed by atoms with van der Waals surface area (Å²) in [5.41, 5.74) is 7.79. The molecule has 0 saturated carbocycles. The van der Waals surface area contributed by atoms with Gasteiger partial charge < -0.3 is 20.7 Å². The topological polar surface area (TPSA) is 89.2 Å². The first-order valence-electron chi connectivity index (χ1n) is 10.8. The van der Waals surface area contributed by atoms with Gasteiger partial charge in [-0.25, -0.2) is 0 Å². The molecule has 2 aliphatic rings. The summed E-state index contributed by atoms with van der Waals surface area (Å²) in [6, 6.07) is 5.97. The Balaban J connectivity index is 1.67. The summed E-state index contributed by atoms with van der Waals surface area (Å²) in [6.07, 6.45) is 8.83. The molecule has 30 heavy (non-hydrogen) atoms. The average Bonchev–Trinajstić information content (AvgIpc) is 3.26. The number of amides is 1. The molecule has 0 radical (unpaired) electrons. The fourth-order valence-electron chi connectivity index (χ4n) is 4.33. The smallest absolute Gasteiger partial charge is 0.256 e. The second-order valence-corrected chi connectivity index (χ2v) is 8.79. The SMILES string of the molecule is CNCCCc1c(/C=C2\C(=O)Nc3ccc(SNCCO)cc32)[nH]c2c1CCCC2. The predicted molar refractivity (Wildman–Crippen MR) is 124 cm³/mol. The Labute approximate surface area is 182 Å². The van der Waals surface area contributed by atoms with E-state index in [0.29, 0.717) is 12.1 Å². The van der Waals surface area contributed by atoms with Gasteiger partial charge in [0.1, 0.15) is 0 Å². The second-order valence-electron chi connectivity index (χ2n) is 7.83. The Kier molecular flexibility index (Phi) is 6.94. The molecular weight excluding hydrogens is 396 g/mol. The number of aliphatic hydroxyl groups excluding tert-OH is 1. The van der Waals surface area contributed by atoms with Crippen molar-refractivity contribution in [2.75, 3.05) is 32.1 Å². The summed E-state index contributed by atoms with van der Waals surface area (Å²) in [5, 5.41) is 15.2. The van der Waals surface area contributed by atoms with Crippen LogP contribution in [0.4, 0.5) is 5.69 Å². The van der Waals surface area contributed by atoms with Crippen molar-refractivity contribution in [3.63, 3.8) is 0 Å². The van der Waals surface area contributed by atoms with E-state index in [1.807, 2.05) is 31.3 Å². The van der Waals surface area contributed by atoms with E-state index in [4.69, 9.17) is 5.11 Å². The Morgan fingerprint density at radius 2 is 2.10 bits per heavy atom. The average molecular weight is 427 g/mol. The summed E-state index contributed by atoms with van der Waals surface area (Å²) < 4.78 is 3.12. The number of nitrogens with one attached hydrogen (secondary N) is 4. The molecule has 1 aliphatic heterocycles. The Hall–Kier alpha value is -2.06. The minimum Gasteiger partial charge on any atom is -0.395 e. The van der Waals surface area contributed by atoms with Crippen molar-refractivity contribution in [3.8, 4) is 0 Å². The third-order valence-corrected chi connectivity index (χ3v) is 6.60. The lowest BCUT2D eigenvalue weighted by Gasteiger charge is -2.12. The molecule has 0 saturated heterocycles. The van der Waals surface area contributed by atoms with Crippen molar-refractivity contribution in [3.05, 3.63) is 46.3 Å². The van der Waals surface area contributed by atoms with E-state index >= 15 is 0 Å². The van der Waals surface area contributed by atoms with E-state index in [-0.39, 0.29) is 12.5 Å². The maximum atomic E-state index is 12.8. The predicted octanol–water partition coefficient (Wildman–Crippen LogP) is 3.13. The molecule has 1 aromatic heterocycles. The lowest BCUT2D eigenvalue weighted by Crippen LogP contribution is -2.09. The van der Waals surface area contributed by atoms with Gasteiger partial charge in [0.2, 0.25) is 0 Å². The van der Waals surface area contributed by atoms with Crippen molar-refractivity contribution in [1.29, 1.82) is 0 Å². The van der Waals surface area contributed by atoms with Crippen LogP contribution in [0.2, 0.25) is 0 Å². The molecule has 0 atom stereocenters. The van der Waals surface area contributed by atoms with E-state index in [0.717, 1.165) is 54.1 Å². The van der Waals surface area contributed by atoms with Gasteiger partial charge in [-0.15, -0.1) is 0 Å². The number of anilines is 1. The first-order chi connectivity index (χ1) is 14.7. The number of carbonyl (C=O) groups excluding carboxylic acids is 1. The molecule has 1 amide bonds. The van der Waals surface area contributed by atoms with Crippen LogP contribution in [0.5, 0.6) is 0 Å². The zero-order valence-electron chi connectivity index (χ0n) is 17.4. The number of aliphatic hydroxyl groups is 1. The fourth-order valence-corrected chi connectivity index (χ4v) is 5.00. The number of aromatic nitrogens is 1. The van der Waals surface area contributed by atoms with Crippen molar-refractivity contribution in [2.45, 2.75) is 43.4 Å². The molecule has 0 unspecified atom stereocenters. The van der Waals surface area contributed by atoms with Gasteiger partial charge >= 0.3 is 0 Å². The zero-order chi connectivity index (χ0) is 20.9. The molecule has 0 bridgehead atoms. The molecule has 160 valence electrons.